The van der Waals surface area contributed by atoms with Crippen LogP contribution < -0.4 is 0 Å². The number of carboxylic acid groups (broad SMARTS) is 1. The highest BCUT2D eigenvalue weighted by molar-refractivity contribution is 7.86. The Morgan fingerprint density at radius 1 is 1.50 bits per heavy atom. The topological polar surface area (TPSA) is 83.9 Å². The van der Waals surface area contributed by atoms with Crippen LogP contribution in [0.5, 0.6) is 0 Å². The third kappa shape index (κ3) is 3.15. The number of rotatable bonds is 2. The van der Waals surface area contributed by atoms with Gasteiger partial charge in [0.05, 0.1) is 6.26 Å². The molecule has 1 heterocycles. The summed E-state index contributed by atoms with van der Waals surface area (Å²) < 4.78 is 26.3. The maximum Gasteiger partial charge on any atom is 0.409 e. The van der Waals surface area contributed by atoms with Crippen molar-refractivity contribution in [1.82, 2.24) is 4.90 Å². The third-order valence-electron chi connectivity index (χ3n) is 1.98. The largest absolute Gasteiger partial charge is 0.465 e. The van der Waals surface area contributed by atoms with E-state index in [0.717, 1.165) is 24.0 Å². The van der Waals surface area contributed by atoms with E-state index in [4.69, 9.17) is 5.11 Å². The van der Waals surface area contributed by atoms with Gasteiger partial charge in [0, 0.05) is 6.54 Å². The van der Waals surface area contributed by atoms with Crippen molar-refractivity contribution in [2.45, 2.75) is 25.5 Å². The first-order valence-corrected chi connectivity index (χ1v) is 6.09. The highest BCUT2D eigenvalue weighted by atomic mass is 32.2. The van der Waals surface area contributed by atoms with Crippen LogP contribution in [0.1, 0.15) is 19.3 Å². The summed E-state index contributed by atoms with van der Waals surface area (Å²) in [7, 11) is -3.60. The van der Waals surface area contributed by atoms with E-state index in [1.165, 1.54) is 0 Å². The number of carbonyl (C=O) groups is 1. The summed E-state index contributed by atoms with van der Waals surface area (Å²) in [6, 6.07) is 0. The number of amides is 1. The number of hydrogen-bond acceptors (Lipinski definition) is 4. The minimum absolute atomic E-state index is 0.329. The molecule has 0 radical (unpaired) electrons. The molecule has 82 valence electrons. The molecule has 1 rings (SSSR count). The van der Waals surface area contributed by atoms with E-state index in [1.807, 2.05) is 0 Å². The van der Waals surface area contributed by atoms with E-state index in [-0.39, 0.29) is 0 Å². The van der Waals surface area contributed by atoms with E-state index in [0.29, 0.717) is 13.0 Å². The van der Waals surface area contributed by atoms with Crippen molar-refractivity contribution in [2.75, 3.05) is 12.8 Å². The summed E-state index contributed by atoms with van der Waals surface area (Å²) >= 11 is 0. The Kier molecular flexibility index (Phi) is 3.33. The van der Waals surface area contributed by atoms with E-state index in [1.54, 1.807) is 0 Å². The summed E-state index contributed by atoms with van der Waals surface area (Å²) in [6.07, 6.45) is 0.885. The molecule has 0 aliphatic carbocycles. The Morgan fingerprint density at radius 3 is 2.64 bits per heavy atom. The second-order valence-corrected chi connectivity index (χ2v) is 4.83. The van der Waals surface area contributed by atoms with Gasteiger partial charge in [-0.2, -0.15) is 8.42 Å². The van der Waals surface area contributed by atoms with Crippen LogP contribution in [-0.2, 0) is 14.3 Å². The Balaban J connectivity index is 2.68. The van der Waals surface area contributed by atoms with Crippen molar-refractivity contribution < 1.29 is 22.5 Å². The minimum Gasteiger partial charge on any atom is -0.465 e. The predicted molar refractivity (Wildman–Crippen MR) is 48.3 cm³/mol. The zero-order valence-corrected chi connectivity index (χ0v) is 8.66. The number of hydrogen-bond donors (Lipinski definition) is 1. The molecule has 0 aromatic rings. The fraction of sp³-hybridized carbons (Fsp3) is 0.857. The smallest absolute Gasteiger partial charge is 0.409 e. The Morgan fingerprint density at radius 2 is 2.14 bits per heavy atom. The molecule has 1 N–H and O–H groups in total. The summed E-state index contributed by atoms with van der Waals surface area (Å²) in [4.78, 5) is 11.7. The zero-order valence-electron chi connectivity index (χ0n) is 7.84. The fourth-order valence-electron chi connectivity index (χ4n) is 1.42. The van der Waals surface area contributed by atoms with Crippen LogP contribution in [0.3, 0.4) is 0 Å². The molecule has 7 heteroatoms. The molecule has 1 atom stereocenters. The monoisotopic (exact) mass is 223 g/mol. The average molecular weight is 223 g/mol. The molecular formula is C7H13NO5S. The van der Waals surface area contributed by atoms with E-state index in [2.05, 4.69) is 4.18 Å². The quantitative estimate of drug-likeness (QED) is 0.687. The van der Waals surface area contributed by atoms with Crippen LogP contribution in [0.2, 0.25) is 0 Å². The van der Waals surface area contributed by atoms with Gasteiger partial charge in [0.1, 0.15) is 0 Å². The van der Waals surface area contributed by atoms with Crippen molar-refractivity contribution >= 4 is 16.2 Å². The van der Waals surface area contributed by atoms with Gasteiger partial charge >= 0.3 is 6.09 Å². The van der Waals surface area contributed by atoms with Crippen molar-refractivity contribution in [1.29, 1.82) is 0 Å². The molecule has 1 fully saturated rings. The Hall–Kier alpha value is -0.820. The Bertz CT molecular complexity index is 312. The normalized spacial score (nSPS) is 23.5. The summed E-state index contributed by atoms with van der Waals surface area (Å²) in [5.74, 6) is 0. The van der Waals surface area contributed by atoms with Crippen LogP contribution in [-0.4, -0.2) is 43.5 Å². The van der Waals surface area contributed by atoms with Gasteiger partial charge in [-0.15, -0.1) is 0 Å². The van der Waals surface area contributed by atoms with E-state index < -0.39 is 22.4 Å². The van der Waals surface area contributed by atoms with Gasteiger partial charge in [0.15, 0.2) is 6.23 Å². The highest BCUT2D eigenvalue weighted by Crippen LogP contribution is 2.19. The lowest BCUT2D eigenvalue weighted by Gasteiger charge is -2.31. The van der Waals surface area contributed by atoms with Gasteiger partial charge in [0.25, 0.3) is 10.1 Å². The summed E-state index contributed by atoms with van der Waals surface area (Å²) in [5.41, 5.74) is 0. The number of likely N-dealkylation sites (tertiary alicyclic amines) is 1. The van der Waals surface area contributed by atoms with E-state index in [9.17, 15) is 13.2 Å². The fourth-order valence-corrected chi connectivity index (χ4v) is 2.03. The second-order valence-electron chi connectivity index (χ2n) is 3.23. The van der Waals surface area contributed by atoms with Crippen LogP contribution in [0.4, 0.5) is 4.79 Å². The number of piperidine rings is 1. The maximum absolute atomic E-state index is 10.8. The molecule has 0 aromatic carbocycles. The first-order valence-electron chi connectivity index (χ1n) is 4.28. The predicted octanol–water partition coefficient (Wildman–Crippen LogP) is 0.453. The van der Waals surface area contributed by atoms with Gasteiger partial charge in [-0.3, -0.25) is 4.90 Å². The minimum atomic E-state index is -3.60. The summed E-state index contributed by atoms with van der Waals surface area (Å²) in [5, 5.41) is 8.76. The third-order valence-corrected chi connectivity index (χ3v) is 2.55. The first kappa shape index (κ1) is 11.3. The first-order chi connectivity index (χ1) is 6.40. The van der Waals surface area contributed by atoms with Crippen molar-refractivity contribution in [3.05, 3.63) is 0 Å². The van der Waals surface area contributed by atoms with Crippen LogP contribution in [0.15, 0.2) is 0 Å². The van der Waals surface area contributed by atoms with Crippen LogP contribution >= 0.6 is 0 Å². The molecule has 1 aliphatic rings. The molecule has 0 spiro atoms. The molecule has 0 saturated carbocycles. The lowest BCUT2D eigenvalue weighted by atomic mass is 10.1. The molecular weight excluding hydrogens is 210 g/mol. The SMILES string of the molecule is CS(=O)(=O)OC1CCCCN1C(=O)O. The second kappa shape index (κ2) is 4.14. The van der Waals surface area contributed by atoms with Gasteiger partial charge in [0.2, 0.25) is 0 Å². The standard InChI is InChI=1S/C7H13NO5S/c1-14(11,12)13-6-4-2-3-5-8(6)7(9)10/h6H,2-5H2,1H3,(H,9,10). The maximum atomic E-state index is 10.8. The molecule has 0 aromatic heterocycles. The van der Waals surface area contributed by atoms with Crippen molar-refractivity contribution in [2.24, 2.45) is 0 Å². The molecule has 14 heavy (non-hydrogen) atoms. The van der Waals surface area contributed by atoms with Gasteiger partial charge in [-0.25, -0.2) is 8.98 Å². The Labute approximate surface area is 82.6 Å². The molecule has 6 nitrogen and oxygen atoms in total. The van der Waals surface area contributed by atoms with Gasteiger partial charge in [-0.1, -0.05) is 0 Å². The van der Waals surface area contributed by atoms with Crippen LogP contribution in [0, 0.1) is 0 Å². The molecule has 1 saturated heterocycles. The van der Waals surface area contributed by atoms with Crippen molar-refractivity contribution in [3.63, 3.8) is 0 Å². The van der Waals surface area contributed by atoms with Crippen molar-refractivity contribution in [3.8, 4) is 0 Å². The molecule has 1 unspecified atom stereocenters. The lowest BCUT2D eigenvalue weighted by molar-refractivity contribution is 0.0109. The van der Waals surface area contributed by atoms with Crippen LogP contribution in [0.25, 0.3) is 0 Å². The van der Waals surface area contributed by atoms with E-state index >= 15 is 0 Å². The average Bonchev–Trinajstić information content (AvgIpc) is 2.01. The van der Waals surface area contributed by atoms with Gasteiger partial charge < -0.3 is 5.11 Å². The summed E-state index contributed by atoms with van der Waals surface area (Å²) in [6.45, 7) is 0.329. The zero-order chi connectivity index (χ0) is 10.8. The molecule has 1 amide bonds. The number of nitrogens with zero attached hydrogens (tertiary/aromatic N) is 1. The molecule has 1 aliphatic heterocycles. The van der Waals surface area contributed by atoms with Gasteiger partial charge in [-0.05, 0) is 19.3 Å². The highest BCUT2D eigenvalue weighted by Gasteiger charge is 2.29. The molecule has 0 bridgehead atoms. The lowest BCUT2D eigenvalue weighted by Crippen LogP contribution is -2.45.